The van der Waals surface area contributed by atoms with Crippen LogP contribution in [0.5, 0.6) is 0 Å². The standard InChI is InChI=1S/C19H21F2N3O/c20-15-5-1-6-16(21)13(15)9-10-23-19(25)12-24-11-3-4-14-17(22)7-2-8-18(14)24/h1-2,5-8H,3-4,9-12,22H2,(H,23,25). The first-order chi connectivity index (χ1) is 12.1. The molecule has 0 fully saturated rings. The summed E-state index contributed by atoms with van der Waals surface area (Å²) in [7, 11) is 0. The second kappa shape index (κ2) is 7.51. The van der Waals surface area contributed by atoms with E-state index in [0.717, 1.165) is 36.3 Å². The number of hydrogen-bond acceptors (Lipinski definition) is 3. The number of halogens is 2. The fourth-order valence-electron chi connectivity index (χ4n) is 3.22. The van der Waals surface area contributed by atoms with E-state index in [1.807, 2.05) is 23.1 Å². The fourth-order valence-corrected chi connectivity index (χ4v) is 3.22. The van der Waals surface area contributed by atoms with Crippen LogP contribution in [0.2, 0.25) is 0 Å². The summed E-state index contributed by atoms with van der Waals surface area (Å²) in [6, 6.07) is 9.47. The van der Waals surface area contributed by atoms with Crippen molar-refractivity contribution in [1.82, 2.24) is 5.32 Å². The van der Waals surface area contributed by atoms with Gasteiger partial charge in [-0.05, 0) is 49.1 Å². The lowest BCUT2D eigenvalue weighted by Gasteiger charge is -2.31. The summed E-state index contributed by atoms with van der Waals surface area (Å²) >= 11 is 0. The predicted molar refractivity (Wildman–Crippen MR) is 94.5 cm³/mol. The number of nitrogen functional groups attached to an aromatic ring is 1. The lowest BCUT2D eigenvalue weighted by atomic mass is 10.00. The van der Waals surface area contributed by atoms with E-state index < -0.39 is 11.6 Å². The molecule has 6 heteroatoms. The number of carbonyl (C=O) groups excluding carboxylic acids is 1. The first kappa shape index (κ1) is 17.2. The van der Waals surface area contributed by atoms with Gasteiger partial charge in [-0.25, -0.2) is 8.78 Å². The van der Waals surface area contributed by atoms with E-state index in [1.165, 1.54) is 18.2 Å². The van der Waals surface area contributed by atoms with Crippen molar-refractivity contribution in [3.63, 3.8) is 0 Å². The maximum absolute atomic E-state index is 13.6. The Morgan fingerprint density at radius 3 is 2.64 bits per heavy atom. The molecule has 0 aliphatic carbocycles. The Morgan fingerprint density at radius 1 is 1.16 bits per heavy atom. The van der Waals surface area contributed by atoms with Crippen LogP contribution in [0.1, 0.15) is 17.5 Å². The van der Waals surface area contributed by atoms with Crippen LogP contribution in [0.4, 0.5) is 20.2 Å². The zero-order chi connectivity index (χ0) is 17.8. The Hall–Kier alpha value is -2.63. The lowest BCUT2D eigenvalue weighted by molar-refractivity contribution is -0.119. The molecule has 1 heterocycles. The van der Waals surface area contributed by atoms with Crippen LogP contribution in [0.3, 0.4) is 0 Å². The van der Waals surface area contributed by atoms with E-state index in [9.17, 15) is 13.6 Å². The van der Waals surface area contributed by atoms with Gasteiger partial charge < -0.3 is 16.0 Å². The third-order valence-electron chi connectivity index (χ3n) is 4.48. The number of anilines is 2. The van der Waals surface area contributed by atoms with Gasteiger partial charge in [0.25, 0.3) is 0 Å². The van der Waals surface area contributed by atoms with Crippen LogP contribution < -0.4 is 16.0 Å². The highest BCUT2D eigenvalue weighted by Crippen LogP contribution is 2.30. The van der Waals surface area contributed by atoms with E-state index in [0.29, 0.717) is 0 Å². The molecule has 0 saturated heterocycles. The molecule has 0 radical (unpaired) electrons. The maximum atomic E-state index is 13.6. The topological polar surface area (TPSA) is 58.4 Å². The quantitative estimate of drug-likeness (QED) is 0.819. The fraction of sp³-hybridized carbons (Fsp3) is 0.316. The molecular weight excluding hydrogens is 324 g/mol. The largest absolute Gasteiger partial charge is 0.398 e. The van der Waals surface area contributed by atoms with Gasteiger partial charge in [-0.15, -0.1) is 0 Å². The van der Waals surface area contributed by atoms with Gasteiger partial charge in [0.2, 0.25) is 5.91 Å². The highest BCUT2D eigenvalue weighted by atomic mass is 19.1. The molecule has 2 aromatic carbocycles. The van der Waals surface area contributed by atoms with Crippen LogP contribution in [0, 0.1) is 11.6 Å². The summed E-state index contributed by atoms with van der Waals surface area (Å²) in [4.78, 5) is 14.2. The molecule has 0 spiro atoms. The molecule has 132 valence electrons. The Labute approximate surface area is 145 Å². The average Bonchev–Trinajstić information content (AvgIpc) is 2.58. The van der Waals surface area contributed by atoms with E-state index in [4.69, 9.17) is 5.73 Å². The zero-order valence-corrected chi connectivity index (χ0v) is 13.9. The van der Waals surface area contributed by atoms with Crippen LogP contribution in [-0.2, 0) is 17.6 Å². The highest BCUT2D eigenvalue weighted by Gasteiger charge is 2.20. The summed E-state index contributed by atoms with van der Waals surface area (Å²) < 4.78 is 27.2. The number of rotatable bonds is 5. The average molecular weight is 345 g/mol. The van der Waals surface area contributed by atoms with Crippen LogP contribution >= 0.6 is 0 Å². The molecule has 1 aliphatic heterocycles. The number of hydrogen-bond donors (Lipinski definition) is 2. The highest BCUT2D eigenvalue weighted by molar-refractivity contribution is 5.82. The molecule has 0 saturated carbocycles. The third-order valence-corrected chi connectivity index (χ3v) is 4.48. The molecule has 1 amide bonds. The summed E-state index contributed by atoms with van der Waals surface area (Å²) in [6.07, 6.45) is 1.97. The van der Waals surface area contributed by atoms with Crippen molar-refractivity contribution >= 4 is 17.3 Å². The van der Waals surface area contributed by atoms with Crippen LogP contribution in [-0.4, -0.2) is 25.5 Å². The summed E-state index contributed by atoms with van der Waals surface area (Å²) in [6.45, 7) is 1.18. The van der Waals surface area contributed by atoms with Crippen molar-refractivity contribution in [1.29, 1.82) is 0 Å². The number of nitrogens with two attached hydrogens (primary N) is 1. The minimum Gasteiger partial charge on any atom is -0.398 e. The molecule has 1 aliphatic rings. The van der Waals surface area contributed by atoms with Crippen molar-refractivity contribution in [3.8, 4) is 0 Å². The van der Waals surface area contributed by atoms with Gasteiger partial charge in [0.05, 0.1) is 6.54 Å². The second-order valence-electron chi connectivity index (χ2n) is 6.17. The smallest absolute Gasteiger partial charge is 0.239 e. The Balaban J connectivity index is 1.57. The molecule has 3 rings (SSSR count). The number of nitrogens with one attached hydrogen (secondary N) is 1. The number of amides is 1. The summed E-state index contributed by atoms with van der Waals surface area (Å²) in [5, 5.41) is 2.73. The first-order valence-electron chi connectivity index (χ1n) is 8.38. The maximum Gasteiger partial charge on any atom is 0.239 e. The predicted octanol–water partition coefficient (Wildman–Crippen LogP) is 2.66. The minimum atomic E-state index is -0.588. The summed E-state index contributed by atoms with van der Waals surface area (Å²) in [5.74, 6) is -1.35. The van der Waals surface area contributed by atoms with Crippen LogP contribution in [0.25, 0.3) is 0 Å². The molecule has 0 unspecified atom stereocenters. The third kappa shape index (κ3) is 3.90. The second-order valence-corrected chi connectivity index (χ2v) is 6.17. The van der Waals surface area contributed by atoms with E-state index >= 15 is 0 Å². The molecular formula is C19H21F2N3O. The van der Waals surface area contributed by atoms with Gasteiger partial charge in [0.1, 0.15) is 11.6 Å². The molecule has 0 atom stereocenters. The van der Waals surface area contributed by atoms with Gasteiger partial charge >= 0.3 is 0 Å². The molecule has 2 aromatic rings. The Bertz CT molecular complexity index is 759. The molecule has 0 aromatic heterocycles. The zero-order valence-electron chi connectivity index (χ0n) is 13.9. The Morgan fingerprint density at radius 2 is 1.88 bits per heavy atom. The van der Waals surface area contributed by atoms with E-state index in [1.54, 1.807) is 0 Å². The van der Waals surface area contributed by atoms with Gasteiger partial charge in [0, 0.05) is 30.0 Å². The first-order valence-corrected chi connectivity index (χ1v) is 8.38. The number of fused-ring (bicyclic) bond motifs is 1. The van der Waals surface area contributed by atoms with Crippen molar-refractivity contribution in [2.75, 3.05) is 30.3 Å². The Kier molecular flexibility index (Phi) is 5.16. The molecule has 3 N–H and O–H groups in total. The number of benzene rings is 2. The van der Waals surface area contributed by atoms with Crippen molar-refractivity contribution in [2.24, 2.45) is 0 Å². The molecule has 0 bridgehead atoms. The van der Waals surface area contributed by atoms with Crippen molar-refractivity contribution in [3.05, 3.63) is 59.2 Å². The number of carbonyl (C=O) groups is 1. The molecule has 4 nitrogen and oxygen atoms in total. The number of nitrogens with zero attached hydrogens (tertiary/aromatic N) is 1. The molecule has 25 heavy (non-hydrogen) atoms. The monoisotopic (exact) mass is 345 g/mol. The van der Waals surface area contributed by atoms with Crippen molar-refractivity contribution in [2.45, 2.75) is 19.3 Å². The van der Waals surface area contributed by atoms with Gasteiger partial charge in [-0.1, -0.05) is 12.1 Å². The normalized spacial score (nSPS) is 13.4. The SMILES string of the molecule is Nc1cccc2c1CCCN2CC(=O)NCCc1c(F)cccc1F. The van der Waals surface area contributed by atoms with Crippen molar-refractivity contribution < 1.29 is 13.6 Å². The van der Waals surface area contributed by atoms with Crippen LogP contribution in [0.15, 0.2) is 36.4 Å². The lowest BCUT2D eigenvalue weighted by Crippen LogP contribution is -2.40. The van der Waals surface area contributed by atoms with Gasteiger partial charge in [0.15, 0.2) is 0 Å². The van der Waals surface area contributed by atoms with E-state index in [2.05, 4.69) is 5.32 Å². The van der Waals surface area contributed by atoms with Gasteiger partial charge in [-0.2, -0.15) is 0 Å². The van der Waals surface area contributed by atoms with E-state index in [-0.39, 0.29) is 31.0 Å². The van der Waals surface area contributed by atoms with Gasteiger partial charge in [-0.3, -0.25) is 4.79 Å². The minimum absolute atomic E-state index is 0.00103. The summed E-state index contributed by atoms with van der Waals surface area (Å²) in [5.41, 5.74) is 8.82.